The van der Waals surface area contributed by atoms with E-state index in [4.69, 9.17) is 16.7 Å². The smallest absolute Gasteiger partial charge is 0.307 e. The summed E-state index contributed by atoms with van der Waals surface area (Å²) in [5.74, 6) is -1.32. The zero-order valence-electron chi connectivity index (χ0n) is 24.3. The van der Waals surface area contributed by atoms with Crippen molar-refractivity contribution in [3.63, 3.8) is 0 Å². The minimum Gasteiger partial charge on any atom is -0.481 e. The second kappa shape index (κ2) is 12.7. The summed E-state index contributed by atoms with van der Waals surface area (Å²) in [5, 5.41) is 19.9. The number of halogens is 1. The third-order valence-corrected chi connectivity index (χ3v) is 6.62. The van der Waals surface area contributed by atoms with Crippen LogP contribution in [0, 0.1) is 13.8 Å². The number of aromatic nitrogens is 1. The van der Waals surface area contributed by atoms with E-state index in [1.165, 1.54) is 30.2 Å². The average molecular weight is 558 g/mol. The Morgan fingerprint density at radius 1 is 1.15 bits per heavy atom. The number of anilines is 1. The van der Waals surface area contributed by atoms with Crippen molar-refractivity contribution in [1.82, 2.24) is 9.47 Å². The molecule has 1 aromatic heterocycles. The molecule has 0 saturated heterocycles. The van der Waals surface area contributed by atoms with E-state index in [-0.39, 0.29) is 12.7 Å². The quantitative estimate of drug-likeness (QED) is 0.342. The molecule has 3 aromatic rings. The number of carboxylic acid groups (broad SMARTS) is 1. The number of amides is 1. The van der Waals surface area contributed by atoms with E-state index in [1.54, 1.807) is 20.8 Å². The first kappa shape index (κ1) is 31.9. The maximum atomic E-state index is 11.7. The summed E-state index contributed by atoms with van der Waals surface area (Å²) in [4.78, 5) is 34.8. The van der Waals surface area contributed by atoms with Gasteiger partial charge in [0.2, 0.25) is 6.29 Å². The lowest BCUT2D eigenvalue weighted by atomic mass is 9.88. The van der Waals surface area contributed by atoms with Gasteiger partial charge >= 0.3 is 5.97 Å². The van der Waals surface area contributed by atoms with Crippen LogP contribution in [0.1, 0.15) is 44.5 Å². The molecule has 0 fully saturated rings. The number of hydrogen-bond donors (Lipinski definition) is 2. The molecule has 0 radical (unpaired) electrons. The zero-order chi connectivity index (χ0) is 29.8. The van der Waals surface area contributed by atoms with Gasteiger partial charge in [-0.3, -0.25) is 14.4 Å². The molecular formula is C30H40ClN3O5. The molecule has 0 unspecified atom stereocenters. The Kier molecular flexibility index (Phi) is 10.3. The topological polar surface area (TPSA) is 103 Å². The highest BCUT2D eigenvalue weighted by molar-refractivity contribution is 6.30. The fourth-order valence-corrected chi connectivity index (χ4v) is 4.62. The molecule has 39 heavy (non-hydrogen) atoms. The highest BCUT2D eigenvalue weighted by Crippen LogP contribution is 2.45. The number of likely N-dealkylation sites (N-methyl/N-ethyl adjacent to an activating group) is 2. The second-order valence-corrected chi connectivity index (χ2v) is 11.5. The third-order valence-electron chi connectivity index (χ3n) is 6.37. The van der Waals surface area contributed by atoms with Crippen molar-refractivity contribution < 1.29 is 24.6 Å². The van der Waals surface area contributed by atoms with Crippen LogP contribution in [0.4, 0.5) is 5.69 Å². The molecule has 1 aliphatic heterocycles. The van der Waals surface area contributed by atoms with E-state index in [9.17, 15) is 19.5 Å². The molecule has 4 rings (SSSR count). The first-order valence-electron chi connectivity index (χ1n) is 12.7. The van der Waals surface area contributed by atoms with E-state index in [2.05, 4.69) is 36.4 Å². The van der Waals surface area contributed by atoms with Crippen molar-refractivity contribution in [3.8, 4) is 11.1 Å². The summed E-state index contributed by atoms with van der Waals surface area (Å²) in [6, 6.07) is 10.2. The van der Waals surface area contributed by atoms with Gasteiger partial charge in [-0.2, -0.15) is 0 Å². The van der Waals surface area contributed by atoms with Crippen LogP contribution >= 0.6 is 11.6 Å². The lowest BCUT2D eigenvalue weighted by Gasteiger charge is -2.36. The maximum absolute atomic E-state index is 11.7. The fourth-order valence-electron chi connectivity index (χ4n) is 4.49. The van der Waals surface area contributed by atoms with Crippen molar-refractivity contribution in [2.75, 3.05) is 26.0 Å². The lowest BCUT2D eigenvalue weighted by Crippen LogP contribution is -2.37. The molecule has 0 aliphatic carbocycles. The van der Waals surface area contributed by atoms with Crippen LogP contribution in [0.5, 0.6) is 0 Å². The summed E-state index contributed by atoms with van der Waals surface area (Å²) < 4.78 is 2.37. The molecule has 0 bridgehead atoms. The first-order valence-corrected chi connectivity index (χ1v) is 13.1. The predicted octanol–water partition coefficient (Wildman–Crippen LogP) is 5.09. The van der Waals surface area contributed by atoms with Crippen molar-refractivity contribution in [3.05, 3.63) is 52.2 Å². The molecule has 1 aliphatic rings. The van der Waals surface area contributed by atoms with Crippen LogP contribution in [0.3, 0.4) is 0 Å². The number of carbonyl (C=O) groups excluding carboxylic acids is 2. The molecule has 0 spiro atoms. The van der Waals surface area contributed by atoms with Gasteiger partial charge in [0.1, 0.15) is 0 Å². The fraction of sp³-hybridized carbons (Fsp3) is 0.433. The van der Waals surface area contributed by atoms with Crippen LogP contribution in [0.2, 0.25) is 5.02 Å². The second-order valence-electron chi connectivity index (χ2n) is 11.0. The van der Waals surface area contributed by atoms with Gasteiger partial charge in [-0.15, -0.1) is 0 Å². The Balaban J connectivity index is 0.000000374. The van der Waals surface area contributed by atoms with E-state index in [1.807, 2.05) is 31.2 Å². The summed E-state index contributed by atoms with van der Waals surface area (Å²) >= 11 is 6.09. The van der Waals surface area contributed by atoms with E-state index in [0.29, 0.717) is 11.1 Å². The van der Waals surface area contributed by atoms with Crippen molar-refractivity contribution in [1.29, 1.82) is 0 Å². The van der Waals surface area contributed by atoms with Crippen LogP contribution in [0.15, 0.2) is 30.3 Å². The Bertz CT molecular complexity index is 1350. The van der Waals surface area contributed by atoms with Gasteiger partial charge in [0.15, 0.2) is 0 Å². The van der Waals surface area contributed by atoms with Crippen LogP contribution in [0.25, 0.3) is 22.0 Å². The molecule has 0 saturated carbocycles. The van der Waals surface area contributed by atoms with Gasteiger partial charge < -0.3 is 24.6 Å². The van der Waals surface area contributed by atoms with Crippen molar-refractivity contribution in [2.45, 2.75) is 66.2 Å². The zero-order valence-corrected chi connectivity index (χ0v) is 25.1. The molecular weight excluding hydrogens is 518 g/mol. The lowest BCUT2D eigenvalue weighted by molar-refractivity contribution is -0.136. The van der Waals surface area contributed by atoms with Crippen molar-refractivity contribution >= 4 is 46.4 Å². The molecule has 9 heteroatoms. The van der Waals surface area contributed by atoms with Gasteiger partial charge in [0.05, 0.1) is 23.2 Å². The number of hydrogen-bond acceptors (Lipinski definition) is 5. The molecule has 212 valence electrons. The van der Waals surface area contributed by atoms with E-state index >= 15 is 0 Å². The Morgan fingerprint density at radius 2 is 1.69 bits per heavy atom. The number of nitrogens with zero attached hydrogens (tertiary/aromatic N) is 3. The molecule has 1 atom stereocenters. The number of aldehydes is 1. The largest absolute Gasteiger partial charge is 0.481 e. The number of carbonyl (C=O) groups is 3. The molecule has 2 heterocycles. The molecule has 8 nitrogen and oxygen atoms in total. The molecule has 2 N–H and O–H groups in total. The Hall–Kier alpha value is -3.36. The van der Waals surface area contributed by atoms with Crippen molar-refractivity contribution in [2.24, 2.45) is 0 Å². The number of carboxylic acids is 1. The third kappa shape index (κ3) is 7.83. The standard InChI is InChI=1S/C22H23ClN2O2.C4H7NO2.C4H10O/c1-12-9-18-20(15-5-7-16(23)8-6-15)17(10-19(26)27)14(3)21-22(18)25(12)11-13(2)24(21)4;1-5(2)4(7)3-6;1-4(2,3)5/h5-9,13H,10-11H2,1-4H3,(H,26,27);3H,1-2H3;5H,1-3H3/t13-;;/m1../s1. The Labute approximate surface area is 235 Å². The maximum Gasteiger partial charge on any atom is 0.307 e. The summed E-state index contributed by atoms with van der Waals surface area (Å²) in [5.41, 5.74) is 6.98. The number of rotatable bonds is 4. The van der Waals surface area contributed by atoms with Gasteiger partial charge in [0, 0.05) is 49.8 Å². The first-order chi connectivity index (χ1) is 18.0. The van der Waals surface area contributed by atoms with Crippen LogP contribution in [-0.2, 0) is 27.3 Å². The summed E-state index contributed by atoms with van der Waals surface area (Å²) in [7, 11) is 5.15. The summed E-state index contributed by atoms with van der Waals surface area (Å²) in [6.07, 6.45) is 0.277. The molecule has 1 amide bonds. The van der Waals surface area contributed by atoms with Gasteiger partial charge in [-0.25, -0.2) is 0 Å². The SMILES string of the molecule is CC(C)(C)O.CN(C)C(=O)C=O.Cc1c(CC(=O)O)c(-c2ccc(Cl)cc2)c2cc(C)n3c2c1N(C)[C@H](C)C3. The van der Waals surface area contributed by atoms with E-state index in [0.717, 1.165) is 39.9 Å². The number of aliphatic hydroxyl groups is 1. The average Bonchev–Trinajstić information content (AvgIpc) is 3.13. The minimum atomic E-state index is -0.817. The highest BCUT2D eigenvalue weighted by Gasteiger charge is 2.30. The number of aliphatic carboxylic acids is 1. The molecule has 2 aromatic carbocycles. The monoisotopic (exact) mass is 557 g/mol. The predicted molar refractivity (Wildman–Crippen MR) is 158 cm³/mol. The summed E-state index contributed by atoms with van der Waals surface area (Å²) in [6.45, 7) is 12.5. The number of aryl methyl sites for hydroxylation is 1. The van der Waals surface area contributed by atoms with Crippen LogP contribution in [-0.4, -0.2) is 70.6 Å². The van der Waals surface area contributed by atoms with Gasteiger partial charge in [0.25, 0.3) is 5.91 Å². The van der Waals surface area contributed by atoms with Crippen LogP contribution < -0.4 is 4.90 Å². The van der Waals surface area contributed by atoms with E-state index < -0.39 is 17.5 Å². The normalized spacial score (nSPS) is 14.1. The minimum absolute atomic E-state index is 0.000812. The van der Waals surface area contributed by atoms with Gasteiger partial charge in [-0.05, 0) is 82.0 Å². The number of benzene rings is 2. The Morgan fingerprint density at radius 3 is 2.13 bits per heavy atom. The highest BCUT2D eigenvalue weighted by atomic mass is 35.5. The van der Waals surface area contributed by atoms with Gasteiger partial charge in [-0.1, -0.05) is 23.7 Å².